The molecule has 3 aromatic rings. The summed E-state index contributed by atoms with van der Waals surface area (Å²) in [6, 6.07) is 17.9. The summed E-state index contributed by atoms with van der Waals surface area (Å²) in [5.74, 6) is 0.721. The average Bonchev–Trinajstić information content (AvgIpc) is 2.86. The van der Waals surface area contributed by atoms with Gasteiger partial charge < -0.3 is 9.64 Å². The van der Waals surface area contributed by atoms with Crippen LogP contribution < -0.4 is 0 Å². The number of allylic oxidation sites excluding steroid dienone is 1. The minimum Gasteiger partial charge on any atom is -0.452 e. The quantitative estimate of drug-likeness (QED) is 0.427. The Hall–Kier alpha value is -3.47. The van der Waals surface area contributed by atoms with Crippen LogP contribution in [0.1, 0.15) is 60.8 Å². The molecule has 5 heteroatoms. The number of fused-ring (bicyclic) bond motifs is 2. The largest absolute Gasteiger partial charge is 0.452 e. The highest BCUT2D eigenvalue weighted by atomic mass is 16.5. The second-order valence-corrected chi connectivity index (χ2v) is 10.7. The van der Waals surface area contributed by atoms with Gasteiger partial charge in [0.1, 0.15) is 0 Å². The molecule has 1 amide bonds. The number of carbonyl (C=O) groups excluding carboxylic acids is 2. The molecule has 1 saturated heterocycles. The van der Waals surface area contributed by atoms with Gasteiger partial charge in [0.05, 0.1) is 16.8 Å². The van der Waals surface area contributed by atoms with E-state index >= 15 is 0 Å². The third kappa shape index (κ3) is 5.06. The molecule has 0 spiro atoms. The van der Waals surface area contributed by atoms with E-state index in [4.69, 9.17) is 9.72 Å². The van der Waals surface area contributed by atoms with Crippen LogP contribution in [-0.2, 0) is 16.0 Å². The van der Waals surface area contributed by atoms with Crippen LogP contribution >= 0.6 is 0 Å². The number of rotatable bonds is 4. The maximum absolute atomic E-state index is 13.6. The first kappa shape index (κ1) is 24.2. The molecular weight excluding hydrogens is 448 g/mol. The van der Waals surface area contributed by atoms with Gasteiger partial charge in [-0.2, -0.15) is 0 Å². The normalized spacial score (nSPS) is 22.9. The molecule has 1 aliphatic carbocycles. The third-order valence-electron chi connectivity index (χ3n) is 7.31. The van der Waals surface area contributed by atoms with E-state index in [1.54, 1.807) is 0 Å². The van der Waals surface area contributed by atoms with Crippen molar-refractivity contribution in [1.82, 2.24) is 9.88 Å². The fourth-order valence-electron chi connectivity index (χ4n) is 5.88. The summed E-state index contributed by atoms with van der Waals surface area (Å²) < 4.78 is 5.70. The lowest BCUT2D eigenvalue weighted by Crippen LogP contribution is -2.44. The summed E-state index contributed by atoms with van der Waals surface area (Å²) in [5, 5.41) is 0.780. The fourth-order valence-corrected chi connectivity index (χ4v) is 5.88. The molecule has 0 radical (unpaired) electrons. The van der Waals surface area contributed by atoms with Crippen LogP contribution in [0.3, 0.4) is 0 Å². The Morgan fingerprint density at radius 3 is 2.39 bits per heavy atom. The molecule has 3 unspecified atom stereocenters. The van der Waals surface area contributed by atoms with Crippen LogP contribution in [0, 0.1) is 17.8 Å². The number of esters is 1. The van der Waals surface area contributed by atoms with Crippen LogP contribution in [0.25, 0.3) is 22.6 Å². The molecule has 0 N–H and O–H groups in total. The summed E-state index contributed by atoms with van der Waals surface area (Å²) >= 11 is 0. The summed E-state index contributed by atoms with van der Waals surface area (Å²) in [5.41, 5.74) is 5.35. The van der Waals surface area contributed by atoms with Gasteiger partial charge in [0.15, 0.2) is 6.61 Å². The van der Waals surface area contributed by atoms with E-state index in [2.05, 4.69) is 39.0 Å². The van der Waals surface area contributed by atoms with Gasteiger partial charge in [-0.1, -0.05) is 69.3 Å². The topological polar surface area (TPSA) is 59.5 Å². The number of benzene rings is 2. The van der Waals surface area contributed by atoms with Crippen molar-refractivity contribution < 1.29 is 14.3 Å². The number of piperidine rings is 1. The van der Waals surface area contributed by atoms with Crippen LogP contribution in [0.2, 0.25) is 0 Å². The molecule has 2 aliphatic rings. The Morgan fingerprint density at radius 2 is 1.64 bits per heavy atom. The lowest BCUT2D eigenvalue weighted by molar-refractivity contribution is -0.137. The number of aromatic nitrogens is 1. The van der Waals surface area contributed by atoms with E-state index in [0.717, 1.165) is 65.6 Å². The second kappa shape index (κ2) is 10.3. The number of likely N-dealkylation sites (tertiary alicyclic amines) is 1. The maximum Gasteiger partial charge on any atom is 0.339 e. The Bertz CT molecular complexity index is 1300. The van der Waals surface area contributed by atoms with E-state index in [9.17, 15) is 9.59 Å². The van der Waals surface area contributed by atoms with Gasteiger partial charge in [0, 0.05) is 18.5 Å². The zero-order valence-corrected chi connectivity index (χ0v) is 21.4. The highest BCUT2D eigenvalue weighted by molar-refractivity contribution is 6.07. The van der Waals surface area contributed by atoms with Crippen molar-refractivity contribution in [3.63, 3.8) is 0 Å². The number of carbonyl (C=O) groups is 2. The molecule has 5 nitrogen and oxygen atoms in total. The predicted octanol–water partition coefficient (Wildman–Crippen LogP) is 6.02. The van der Waals surface area contributed by atoms with Gasteiger partial charge in [0.25, 0.3) is 5.91 Å². The molecule has 1 aliphatic heterocycles. The summed E-state index contributed by atoms with van der Waals surface area (Å²) in [4.78, 5) is 33.3. The smallest absolute Gasteiger partial charge is 0.339 e. The van der Waals surface area contributed by atoms with Crippen molar-refractivity contribution in [2.24, 2.45) is 17.8 Å². The van der Waals surface area contributed by atoms with Gasteiger partial charge in [-0.3, -0.25) is 4.79 Å². The van der Waals surface area contributed by atoms with Crippen molar-refractivity contribution in [3.8, 4) is 0 Å². The fraction of sp³-hybridized carbons (Fsp3) is 0.387. The summed E-state index contributed by atoms with van der Waals surface area (Å²) in [7, 11) is 0. The highest BCUT2D eigenvalue weighted by Gasteiger charge is 2.30. The van der Waals surface area contributed by atoms with Crippen LogP contribution in [0.4, 0.5) is 0 Å². The van der Waals surface area contributed by atoms with Crippen molar-refractivity contribution in [3.05, 3.63) is 77.0 Å². The Morgan fingerprint density at radius 1 is 0.944 bits per heavy atom. The number of nitrogens with zero attached hydrogens (tertiary/aromatic N) is 2. The summed E-state index contributed by atoms with van der Waals surface area (Å²) in [6.45, 7) is 7.75. The molecule has 1 fully saturated rings. The number of hydrogen-bond acceptors (Lipinski definition) is 4. The van der Waals surface area contributed by atoms with Crippen LogP contribution in [0.15, 0.2) is 54.6 Å². The van der Waals surface area contributed by atoms with Gasteiger partial charge >= 0.3 is 5.97 Å². The maximum atomic E-state index is 13.6. The first-order valence-electron chi connectivity index (χ1n) is 13.0. The van der Waals surface area contributed by atoms with E-state index in [0.29, 0.717) is 23.3 Å². The van der Waals surface area contributed by atoms with Gasteiger partial charge in [0.2, 0.25) is 0 Å². The standard InChI is InChI=1S/C31H34N2O3/c1-20-14-24(16-23-9-5-4-6-10-23)30-26(15-20)29(25-11-7-8-12-27(25)32-30)31(35)36-19-28(34)33-17-21(2)13-22(3)18-33/h4-12,16,20-22H,13-15,17-19H2,1-3H3. The molecule has 3 atom stereocenters. The molecule has 0 bridgehead atoms. The zero-order valence-electron chi connectivity index (χ0n) is 21.4. The molecule has 186 valence electrons. The SMILES string of the molecule is CC1CC(=Cc2ccccc2)c2nc3ccccc3c(C(=O)OCC(=O)N3CC(C)CC(C)C3)c2C1. The minimum absolute atomic E-state index is 0.119. The molecular formula is C31H34N2O3. The zero-order chi connectivity index (χ0) is 25.2. The van der Waals surface area contributed by atoms with E-state index < -0.39 is 5.97 Å². The first-order chi connectivity index (χ1) is 17.4. The third-order valence-corrected chi connectivity index (χ3v) is 7.31. The number of amides is 1. The van der Waals surface area contributed by atoms with Gasteiger partial charge in [-0.15, -0.1) is 0 Å². The first-order valence-corrected chi connectivity index (χ1v) is 13.0. The van der Waals surface area contributed by atoms with Crippen molar-refractivity contribution in [2.45, 2.75) is 40.0 Å². The lowest BCUT2D eigenvalue weighted by Gasteiger charge is -2.34. The predicted molar refractivity (Wildman–Crippen MR) is 143 cm³/mol. The Kier molecular flexibility index (Phi) is 6.90. The minimum atomic E-state index is -0.440. The Labute approximate surface area is 213 Å². The van der Waals surface area contributed by atoms with Crippen molar-refractivity contribution in [1.29, 1.82) is 0 Å². The van der Waals surface area contributed by atoms with Gasteiger partial charge in [-0.25, -0.2) is 9.78 Å². The lowest BCUT2D eigenvalue weighted by atomic mass is 9.80. The molecule has 36 heavy (non-hydrogen) atoms. The Balaban J connectivity index is 1.49. The van der Waals surface area contributed by atoms with Crippen molar-refractivity contribution >= 4 is 34.4 Å². The summed E-state index contributed by atoms with van der Waals surface area (Å²) in [6.07, 6.45) is 4.94. The van der Waals surface area contributed by atoms with E-state index in [1.807, 2.05) is 47.4 Å². The number of pyridine rings is 1. The molecule has 2 aromatic carbocycles. The molecule has 0 saturated carbocycles. The highest BCUT2D eigenvalue weighted by Crippen LogP contribution is 2.38. The number of para-hydroxylation sites is 1. The van der Waals surface area contributed by atoms with Crippen LogP contribution in [0.5, 0.6) is 0 Å². The molecule has 1 aromatic heterocycles. The number of ether oxygens (including phenoxy) is 1. The van der Waals surface area contributed by atoms with E-state index in [1.165, 1.54) is 0 Å². The second-order valence-electron chi connectivity index (χ2n) is 10.7. The van der Waals surface area contributed by atoms with Crippen molar-refractivity contribution in [2.75, 3.05) is 19.7 Å². The van der Waals surface area contributed by atoms with Gasteiger partial charge in [-0.05, 0) is 65.9 Å². The average molecular weight is 483 g/mol. The monoisotopic (exact) mass is 482 g/mol. The molecule has 5 rings (SSSR count). The van der Waals surface area contributed by atoms with E-state index in [-0.39, 0.29) is 12.5 Å². The van der Waals surface area contributed by atoms with Crippen LogP contribution in [-0.4, -0.2) is 41.5 Å². The number of hydrogen-bond donors (Lipinski definition) is 0. The molecule has 2 heterocycles.